The maximum absolute atomic E-state index is 13.9. The number of pyridine rings is 1. The van der Waals surface area contributed by atoms with Gasteiger partial charge in [0.1, 0.15) is 17.8 Å². The van der Waals surface area contributed by atoms with Gasteiger partial charge in [-0.1, -0.05) is 13.3 Å². The minimum absolute atomic E-state index is 0.0137. The van der Waals surface area contributed by atoms with E-state index in [-0.39, 0.29) is 41.3 Å². The molecule has 2 fully saturated rings. The highest BCUT2D eigenvalue weighted by atomic mass is 19.1. The highest BCUT2D eigenvalue weighted by molar-refractivity contribution is 6.26. The zero-order valence-electron chi connectivity index (χ0n) is 23.7. The van der Waals surface area contributed by atoms with Gasteiger partial charge in [0.25, 0.3) is 5.91 Å². The molecule has 0 aliphatic carbocycles. The van der Waals surface area contributed by atoms with Crippen LogP contribution in [-0.2, 0) is 4.79 Å². The van der Waals surface area contributed by atoms with Gasteiger partial charge in [-0.25, -0.2) is 9.37 Å². The van der Waals surface area contributed by atoms with E-state index in [1.54, 1.807) is 24.7 Å². The average molecular weight is 569 g/mol. The third-order valence-corrected chi connectivity index (χ3v) is 8.39. The number of nitrogen functional groups attached to an aromatic ring is 1. The summed E-state index contributed by atoms with van der Waals surface area (Å²) in [7, 11) is 0. The van der Waals surface area contributed by atoms with E-state index in [0.717, 1.165) is 32.1 Å². The molecule has 1 amide bonds. The number of anilines is 1. The van der Waals surface area contributed by atoms with Crippen LogP contribution in [0.4, 0.5) is 10.2 Å². The molecule has 0 radical (unpaired) electrons. The van der Waals surface area contributed by atoms with Gasteiger partial charge in [0.15, 0.2) is 11.4 Å². The second kappa shape index (κ2) is 11.4. The second-order valence-electron chi connectivity index (χ2n) is 11.2. The number of nitrogens with zero attached hydrogens (tertiary/aromatic N) is 7. The standard InChI is InChI=1S/C31H33FN8O2/c1-3-4-5-10-35-36-17-27(42)39-23-7-8-24(39)14-20(13-23)29-28(18(2)41)30(33)40-31(38-29)25(16-37-40)21-11-19-12-22(32)6-9-26(19)34-15-21/h6,9-12,15-17,20,23-24H,3-5,7-8,13-14,33H2,1-2H3. The van der Waals surface area contributed by atoms with E-state index in [4.69, 9.17) is 10.7 Å². The third kappa shape index (κ3) is 5.03. The SMILES string of the molecule is CCCCC=NN=CC(=O)N1C2CCC1CC(c1nc3c(-c4cnc5ccc(F)cc5c4)cnn3c(N)c1C(C)=O)C2. The molecular formula is C31H33FN8O2. The molecule has 2 aliphatic heterocycles. The summed E-state index contributed by atoms with van der Waals surface area (Å²) in [6.45, 7) is 3.60. The lowest BCUT2D eigenvalue weighted by atomic mass is 9.85. The molecule has 2 N–H and O–H groups in total. The first kappa shape index (κ1) is 27.6. The van der Waals surface area contributed by atoms with Gasteiger partial charge in [-0.05, 0) is 69.7 Å². The fourth-order valence-electron chi connectivity index (χ4n) is 6.45. The lowest BCUT2D eigenvalue weighted by Crippen LogP contribution is -2.46. The number of fused-ring (bicyclic) bond motifs is 4. The van der Waals surface area contributed by atoms with Gasteiger partial charge in [-0.2, -0.15) is 19.8 Å². The molecule has 6 rings (SSSR count). The van der Waals surface area contributed by atoms with Gasteiger partial charge in [-0.15, -0.1) is 0 Å². The molecule has 11 heteroatoms. The molecule has 2 unspecified atom stereocenters. The van der Waals surface area contributed by atoms with Crippen LogP contribution in [0.5, 0.6) is 0 Å². The summed E-state index contributed by atoms with van der Waals surface area (Å²) in [6, 6.07) is 6.32. The molecule has 4 aromatic rings. The number of aromatic nitrogens is 4. The van der Waals surface area contributed by atoms with Gasteiger partial charge in [0.2, 0.25) is 0 Å². The number of hydrogen-bond acceptors (Lipinski definition) is 8. The number of amides is 1. The normalized spacial score (nSPS) is 20.5. The van der Waals surface area contributed by atoms with Gasteiger partial charge in [0.05, 0.1) is 23.0 Å². The minimum atomic E-state index is -0.345. The Morgan fingerprint density at radius 1 is 1.14 bits per heavy atom. The molecule has 42 heavy (non-hydrogen) atoms. The number of rotatable bonds is 8. The van der Waals surface area contributed by atoms with Crippen molar-refractivity contribution in [1.82, 2.24) is 24.5 Å². The summed E-state index contributed by atoms with van der Waals surface area (Å²) in [5, 5.41) is 13.1. The van der Waals surface area contributed by atoms with Crippen molar-refractivity contribution in [2.75, 3.05) is 5.73 Å². The molecule has 2 bridgehead atoms. The van der Waals surface area contributed by atoms with Crippen molar-refractivity contribution in [3.05, 3.63) is 53.7 Å². The Morgan fingerprint density at radius 3 is 2.67 bits per heavy atom. The highest BCUT2D eigenvalue weighted by Gasteiger charge is 2.44. The Morgan fingerprint density at radius 2 is 1.93 bits per heavy atom. The molecule has 2 aliphatic rings. The van der Waals surface area contributed by atoms with E-state index in [0.29, 0.717) is 51.8 Å². The predicted octanol–water partition coefficient (Wildman–Crippen LogP) is 5.35. The predicted molar refractivity (Wildman–Crippen MR) is 160 cm³/mol. The summed E-state index contributed by atoms with van der Waals surface area (Å²) in [5.74, 6) is -0.499. The number of piperidine rings is 1. The fourth-order valence-corrected chi connectivity index (χ4v) is 6.45. The second-order valence-corrected chi connectivity index (χ2v) is 11.2. The number of Topliss-reactive ketones (excluding diaryl/α,β-unsaturated/α-hetero) is 1. The van der Waals surface area contributed by atoms with Crippen molar-refractivity contribution in [3.8, 4) is 11.1 Å². The summed E-state index contributed by atoms with van der Waals surface area (Å²) in [6.07, 6.45) is 12.4. The number of carbonyl (C=O) groups is 2. The van der Waals surface area contributed by atoms with Crippen molar-refractivity contribution in [3.63, 3.8) is 0 Å². The molecule has 2 atom stereocenters. The molecule has 1 aromatic carbocycles. The first-order chi connectivity index (χ1) is 20.4. The zero-order chi connectivity index (χ0) is 29.4. The van der Waals surface area contributed by atoms with Crippen LogP contribution in [0.15, 0.2) is 46.9 Å². The maximum atomic E-state index is 13.9. The Balaban J connectivity index is 1.33. The molecule has 3 aromatic heterocycles. The lowest BCUT2D eigenvalue weighted by Gasteiger charge is -2.38. The van der Waals surface area contributed by atoms with Crippen molar-refractivity contribution >= 4 is 46.5 Å². The number of nitrogens with two attached hydrogens (primary N) is 1. The first-order valence-electron chi connectivity index (χ1n) is 14.5. The van der Waals surface area contributed by atoms with Crippen LogP contribution in [0.25, 0.3) is 27.7 Å². The van der Waals surface area contributed by atoms with E-state index in [1.165, 1.54) is 29.8 Å². The van der Waals surface area contributed by atoms with Crippen LogP contribution in [0, 0.1) is 5.82 Å². The Bertz CT molecular complexity index is 1730. The fraction of sp³-hybridized carbons (Fsp3) is 0.387. The number of halogens is 1. The van der Waals surface area contributed by atoms with Gasteiger partial charge >= 0.3 is 0 Å². The number of ketones is 1. The van der Waals surface area contributed by atoms with Crippen molar-refractivity contribution in [1.29, 1.82) is 0 Å². The zero-order valence-corrected chi connectivity index (χ0v) is 23.7. The third-order valence-electron chi connectivity index (χ3n) is 8.39. The summed E-state index contributed by atoms with van der Waals surface area (Å²) in [5.41, 5.74) is 10.1. The van der Waals surface area contributed by atoms with Crippen molar-refractivity contribution < 1.29 is 14.0 Å². The Labute approximate surface area is 242 Å². The van der Waals surface area contributed by atoms with E-state index in [9.17, 15) is 14.0 Å². The number of benzene rings is 1. The number of unbranched alkanes of at least 4 members (excludes halogenated alkanes) is 2. The minimum Gasteiger partial charge on any atom is -0.383 e. The molecule has 0 spiro atoms. The Hall–Kier alpha value is -4.54. The van der Waals surface area contributed by atoms with Crippen LogP contribution in [0.2, 0.25) is 0 Å². The van der Waals surface area contributed by atoms with Crippen LogP contribution >= 0.6 is 0 Å². The van der Waals surface area contributed by atoms with E-state index < -0.39 is 0 Å². The van der Waals surface area contributed by atoms with Gasteiger partial charge in [0, 0.05) is 46.9 Å². The van der Waals surface area contributed by atoms with Crippen LogP contribution < -0.4 is 5.73 Å². The molecule has 0 saturated carbocycles. The Kier molecular flexibility index (Phi) is 7.49. The topological polar surface area (TPSA) is 131 Å². The number of hydrogen-bond donors (Lipinski definition) is 1. The molecule has 10 nitrogen and oxygen atoms in total. The monoisotopic (exact) mass is 568 g/mol. The van der Waals surface area contributed by atoms with Crippen molar-refractivity contribution in [2.24, 2.45) is 10.2 Å². The molecular weight excluding hydrogens is 535 g/mol. The summed E-state index contributed by atoms with van der Waals surface area (Å²) in [4.78, 5) is 37.4. The van der Waals surface area contributed by atoms with E-state index >= 15 is 0 Å². The lowest BCUT2D eigenvalue weighted by molar-refractivity contribution is -0.128. The van der Waals surface area contributed by atoms with E-state index in [1.807, 2.05) is 11.0 Å². The first-order valence-corrected chi connectivity index (χ1v) is 14.5. The maximum Gasteiger partial charge on any atom is 0.267 e. The van der Waals surface area contributed by atoms with E-state index in [2.05, 4.69) is 27.2 Å². The largest absolute Gasteiger partial charge is 0.383 e. The molecule has 216 valence electrons. The van der Waals surface area contributed by atoms with Crippen molar-refractivity contribution in [2.45, 2.75) is 76.8 Å². The van der Waals surface area contributed by atoms with Crippen LogP contribution in [-0.4, -0.2) is 60.7 Å². The summed E-state index contributed by atoms with van der Waals surface area (Å²) >= 11 is 0. The van der Waals surface area contributed by atoms with Gasteiger partial charge in [-0.3, -0.25) is 14.6 Å². The number of carbonyl (C=O) groups excluding carboxylic acids is 2. The average Bonchev–Trinajstić information content (AvgIpc) is 3.52. The molecule has 2 saturated heterocycles. The summed E-state index contributed by atoms with van der Waals surface area (Å²) < 4.78 is 15.4. The van der Waals surface area contributed by atoms with Crippen LogP contribution in [0.3, 0.4) is 0 Å². The smallest absolute Gasteiger partial charge is 0.267 e. The quantitative estimate of drug-likeness (QED) is 0.132. The highest BCUT2D eigenvalue weighted by Crippen LogP contribution is 2.44. The molecule has 5 heterocycles. The van der Waals surface area contributed by atoms with Gasteiger partial charge < -0.3 is 10.6 Å². The van der Waals surface area contributed by atoms with Crippen LogP contribution in [0.1, 0.15) is 80.8 Å².